The Hall–Kier alpha value is -4.08. The lowest BCUT2D eigenvalue weighted by Gasteiger charge is -2.21. The van der Waals surface area contributed by atoms with Crippen LogP contribution in [0.3, 0.4) is 0 Å². The summed E-state index contributed by atoms with van der Waals surface area (Å²) >= 11 is 0. The molecule has 2 rings (SSSR count). The van der Waals surface area contributed by atoms with Gasteiger partial charge in [-0.3, -0.25) is 0 Å². The Morgan fingerprint density at radius 1 is 0.633 bits per heavy atom. The lowest BCUT2D eigenvalue weighted by Crippen LogP contribution is -2.45. The van der Waals surface area contributed by atoms with Gasteiger partial charge in [-0.05, 0) is 48.5 Å². The number of ether oxygens (including phenoxy) is 4. The lowest BCUT2D eigenvalue weighted by atomic mass is 10.1. The van der Waals surface area contributed by atoms with Gasteiger partial charge in [0.2, 0.25) is 12.2 Å². The molecular weight excluding hydrogens is 400 g/mol. The van der Waals surface area contributed by atoms with Crippen molar-refractivity contribution < 1.29 is 48.3 Å². The average molecular weight is 418 g/mol. The standard InChI is InChI=1S/C20H18O10/c1-27-13-7-3-11(4-8-13)19(25)29-15(17(21)22)16(18(23)24)30-20(26)12-5-9-14(28-2)10-6-12/h3-10,15-16H,1-2H3,(H,21,22)(H,23,24)/t15-,16-/m0/s1. The molecule has 2 aromatic rings. The summed E-state index contributed by atoms with van der Waals surface area (Å²) in [7, 11) is 2.84. The number of benzene rings is 2. The quantitative estimate of drug-likeness (QED) is 0.576. The topological polar surface area (TPSA) is 146 Å². The Morgan fingerprint density at radius 3 is 1.17 bits per heavy atom. The number of carboxylic acid groups (broad SMARTS) is 2. The van der Waals surface area contributed by atoms with E-state index in [-0.39, 0.29) is 11.1 Å². The predicted octanol–water partition coefficient (Wildman–Crippen LogP) is 1.62. The van der Waals surface area contributed by atoms with Gasteiger partial charge < -0.3 is 29.2 Å². The summed E-state index contributed by atoms with van der Waals surface area (Å²) in [5.41, 5.74) is -0.0969. The molecule has 0 amide bonds. The predicted molar refractivity (Wildman–Crippen MR) is 99.7 cm³/mol. The third-order valence-corrected chi connectivity index (χ3v) is 3.88. The Balaban J connectivity index is 2.19. The molecule has 0 radical (unpaired) electrons. The van der Waals surface area contributed by atoms with Crippen molar-refractivity contribution in [1.82, 2.24) is 0 Å². The third-order valence-electron chi connectivity index (χ3n) is 3.88. The van der Waals surface area contributed by atoms with E-state index in [0.29, 0.717) is 11.5 Å². The highest BCUT2D eigenvalue weighted by molar-refractivity contribution is 5.95. The van der Waals surface area contributed by atoms with Gasteiger partial charge in [-0.15, -0.1) is 0 Å². The van der Waals surface area contributed by atoms with E-state index in [1.165, 1.54) is 62.8 Å². The summed E-state index contributed by atoms with van der Waals surface area (Å²) in [6.45, 7) is 0. The van der Waals surface area contributed by atoms with Gasteiger partial charge >= 0.3 is 23.9 Å². The van der Waals surface area contributed by atoms with Crippen LogP contribution in [0.25, 0.3) is 0 Å². The largest absolute Gasteiger partial charge is 0.497 e. The van der Waals surface area contributed by atoms with E-state index >= 15 is 0 Å². The monoisotopic (exact) mass is 418 g/mol. The number of carboxylic acids is 2. The maximum Gasteiger partial charge on any atom is 0.349 e. The molecule has 0 fully saturated rings. The van der Waals surface area contributed by atoms with Crippen molar-refractivity contribution in [3.8, 4) is 11.5 Å². The van der Waals surface area contributed by atoms with Crippen molar-refractivity contribution in [1.29, 1.82) is 0 Å². The zero-order chi connectivity index (χ0) is 22.3. The van der Waals surface area contributed by atoms with Crippen molar-refractivity contribution in [2.45, 2.75) is 12.2 Å². The van der Waals surface area contributed by atoms with Crippen LogP contribution in [0.2, 0.25) is 0 Å². The lowest BCUT2D eigenvalue weighted by molar-refractivity contribution is -0.166. The zero-order valence-corrected chi connectivity index (χ0v) is 15.9. The minimum absolute atomic E-state index is 0.0485. The molecule has 0 aromatic heterocycles. The van der Waals surface area contributed by atoms with Crippen LogP contribution in [0.4, 0.5) is 0 Å². The summed E-state index contributed by atoms with van der Waals surface area (Å²) in [6, 6.07) is 11.0. The van der Waals surface area contributed by atoms with Gasteiger partial charge in [0.25, 0.3) is 0 Å². The zero-order valence-electron chi connectivity index (χ0n) is 15.9. The van der Waals surface area contributed by atoms with Crippen LogP contribution in [0.1, 0.15) is 20.7 Å². The van der Waals surface area contributed by atoms with Gasteiger partial charge in [0, 0.05) is 0 Å². The van der Waals surface area contributed by atoms with E-state index in [4.69, 9.17) is 18.9 Å². The van der Waals surface area contributed by atoms with Gasteiger partial charge in [0.15, 0.2) is 0 Å². The first kappa shape index (κ1) is 22.2. The Bertz CT molecular complexity index is 840. The number of hydrogen-bond donors (Lipinski definition) is 2. The van der Waals surface area contributed by atoms with E-state index in [9.17, 15) is 29.4 Å². The number of esters is 2. The highest BCUT2D eigenvalue weighted by atomic mass is 16.6. The summed E-state index contributed by atoms with van der Waals surface area (Å²) in [5, 5.41) is 18.7. The van der Waals surface area contributed by atoms with Crippen LogP contribution in [0.15, 0.2) is 48.5 Å². The SMILES string of the molecule is COc1ccc(C(=O)O[C@H](C(=O)O)[C@H](OC(=O)c2ccc(OC)cc2)C(=O)O)cc1. The first-order valence-electron chi connectivity index (χ1n) is 8.42. The molecule has 0 aliphatic heterocycles. The molecule has 0 saturated heterocycles. The van der Waals surface area contributed by atoms with Gasteiger partial charge in [-0.1, -0.05) is 0 Å². The number of aliphatic carboxylic acids is 2. The van der Waals surface area contributed by atoms with Crippen LogP contribution in [-0.4, -0.2) is 60.5 Å². The highest BCUT2D eigenvalue weighted by Gasteiger charge is 2.41. The number of carbonyl (C=O) groups is 4. The molecule has 0 bridgehead atoms. The number of rotatable bonds is 9. The smallest absolute Gasteiger partial charge is 0.349 e. The maximum absolute atomic E-state index is 12.2. The Morgan fingerprint density at radius 2 is 0.933 bits per heavy atom. The summed E-state index contributed by atoms with van der Waals surface area (Å²) in [4.78, 5) is 47.6. The second-order valence-corrected chi connectivity index (χ2v) is 5.79. The van der Waals surface area contributed by atoms with E-state index in [2.05, 4.69) is 0 Å². The molecule has 158 valence electrons. The third kappa shape index (κ3) is 5.47. The molecule has 10 nitrogen and oxygen atoms in total. The molecule has 2 aromatic carbocycles. The van der Waals surface area contributed by atoms with Crippen LogP contribution in [0.5, 0.6) is 11.5 Å². The molecule has 0 aliphatic rings. The molecule has 2 atom stereocenters. The number of carbonyl (C=O) groups excluding carboxylic acids is 2. The van der Waals surface area contributed by atoms with Gasteiger partial charge in [-0.25, -0.2) is 19.2 Å². The minimum atomic E-state index is -2.28. The van der Waals surface area contributed by atoms with Gasteiger partial charge in [0.05, 0.1) is 25.3 Å². The average Bonchev–Trinajstić information content (AvgIpc) is 2.75. The summed E-state index contributed by atoms with van der Waals surface area (Å²) in [6.07, 6.45) is -4.56. The Labute approximate surface area is 170 Å². The second-order valence-electron chi connectivity index (χ2n) is 5.79. The summed E-state index contributed by atoms with van der Waals surface area (Å²) < 4.78 is 19.5. The molecule has 0 saturated carbocycles. The van der Waals surface area contributed by atoms with Crippen LogP contribution >= 0.6 is 0 Å². The van der Waals surface area contributed by atoms with Crippen molar-refractivity contribution in [3.05, 3.63) is 59.7 Å². The molecule has 0 heterocycles. The van der Waals surface area contributed by atoms with E-state index in [1.54, 1.807) is 0 Å². The van der Waals surface area contributed by atoms with Crippen molar-refractivity contribution >= 4 is 23.9 Å². The van der Waals surface area contributed by atoms with E-state index < -0.39 is 36.1 Å². The van der Waals surface area contributed by atoms with E-state index in [0.717, 1.165) is 0 Å². The number of methoxy groups -OCH3 is 2. The van der Waals surface area contributed by atoms with Crippen molar-refractivity contribution in [3.63, 3.8) is 0 Å². The molecule has 0 aliphatic carbocycles. The van der Waals surface area contributed by atoms with Crippen LogP contribution in [0, 0.1) is 0 Å². The first-order valence-corrected chi connectivity index (χ1v) is 8.42. The fraction of sp³-hybridized carbons (Fsp3) is 0.200. The Kier molecular flexibility index (Phi) is 7.34. The highest BCUT2D eigenvalue weighted by Crippen LogP contribution is 2.17. The van der Waals surface area contributed by atoms with Gasteiger partial charge in [0.1, 0.15) is 11.5 Å². The number of hydrogen-bond acceptors (Lipinski definition) is 8. The summed E-state index contributed by atoms with van der Waals surface area (Å²) in [5.74, 6) is -4.94. The van der Waals surface area contributed by atoms with Crippen LogP contribution < -0.4 is 9.47 Å². The van der Waals surface area contributed by atoms with Crippen LogP contribution in [-0.2, 0) is 19.1 Å². The second kappa shape index (κ2) is 9.92. The first-order chi connectivity index (χ1) is 14.3. The van der Waals surface area contributed by atoms with Crippen molar-refractivity contribution in [2.75, 3.05) is 14.2 Å². The van der Waals surface area contributed by atoms with Gasteiger partial charge in [-0.2, -0.15) is 0 Å². The van der Waals surface area contributed by atoms with E-state index in [1.807, 2.05) is 0 Å². The molecule has 2 N–H and O–H groups in total. The minimum Gasteiger partial charge on any atom is -0.497 e. The molecular formula is C20H18O10. The fourth-order valence-electron chi connectivity index (χ4n) is 2.30. The maximum atomic E-state index is 12.2. The molecule has 30 heavy (non-hydrogen) atoms. The molecule has 10 heteroatoms. The molecule has 0 spiro atoms. The normalized spacial score (nSPS) is 12.2. The van der Waals surface area contributed by atoms with Crippen molar-refractivity contribution in [2.24, 2.45) is 0 Å². The fourth-order valence-corrected chi connectivity index (χ4v) is 2.30. The molecule has 0 unspecified atom stereocenters.